The van der Waals surface area contributed by atoms with E-state index in [0.717, 1.165) is 31.2 Å². The van der Waals surface area contributed by atoms with Gasteiger partial charge in [0.15, 0.2) is 0 Å². The van der Waals surface area contributed by atoms with Gasteiger partial charge in [0, 0.05) is 30.0 Å². The number of carbonyl (C=O) groups excluding carboxylic acids is 1. The number of aryl methyl sites for hydroxylation is 1. The molecule has 0 saturated heterocycles. The highest BCUT2D eigenvalue weighted by molar-refractivity contribution is 5.74. The summed E-state index contributed by atoms with van der Waals surface area (Å²) in [5.41, 5.74) is 2.12. The minimum atomic E-state index is -0.763. The third kappa shape index (κ3) is 5.98. The molecule has 188 valence electrons. The Kier molecular flexibility index (Phi) is 7.99. The highest BCUT2D eigenvalue weighted by atomic mass is 16.5. The van der Waals surface area contributed by atoms with E-state index in [0.29, 0.717) is 30.1 Å². The van der Waals surface area contributed by atoms with Gasteiger partial charge in [-0.15, -0.1) is 0 Å². The molecular weight excluding hydrogens is 444 g/mol. The van der Waals surface area contributed by atoms with Crippen LogP contribution >= 0.6 is 0 Å². The van der Waals surface area contributed by atoms with Crippen molar-refractivity contribution in [3.05, 3.63) is 53.6 Å². The van der Waals surface area contributed by atoms with Crippen LogP contribution < -0.4 is 14.2 Å². The topological polar surface area (TPSA) is 82.1 Å². The number of ether oxygens (including phenoxy) is 3. The number of fused-ring (bicyclic) bond motifs is 3. The summed E-state index contributed by atoms with van der Waals surface area (Å²) in [5.74, 6) is 0.352. The molecule has 1 N–H and O–H groups in total. The summed E-state index contributed by atoms with van der Waals surface area (Å²) < 4.78 is 18.3. The minimum Gasteiger partial charge on any atom is -0.490 e. The van der Waals surface area contributed by atoms with E-state index in [1.165, 1.54) is 5.56 Å². The molecule has 0 bridgehead atoms. The molecule has 1 fully saturated rings. The van der Waals surface area contributed by atoms with E-state index in [-0.39, 0.29) is 36.4 Å². The number of aliphatic carboxylic acids is 1. The fourth-order valence-corrected chi connectivity index (χ4v) is 5.52. The Labute approximate surface area is 207 Å². The molecule has 1 aliphatic carbocycles. The summed E-state index contributed by atoms with van der Waals surface area (Å²) in [6.07, 6.45) is 5.01. The second kappa shape index (κ2) is 11.1. The fourth-order valence-electron chi connectivity index (χ4n) is 5.52. The van der Waals surface area contributed by atoms with Crippen LogP contribution in [-0.4, -0.2) is 29.3 Å². The lowest BCUT2D eigenvalue weighted by Gasteiger charge is -2.43. The van der Waals surface area contributed by atoms with Gasteiger partial charge in [0.05, 0.1) is 18.1 Å². The SMILES string of the molecule is CCC(=O)Oc1cc(OC(C)CCCc2ccccc2)cc2c1[C@@H]1C[C@H](C(=O)O)CC[C@@H]1C(C)O2. The van der Waals surface area contributed by atoms with Crippen molar-refractivity contribution in [2.24, 2.45) is 11.8 Å². The van der Waals surface area contributed by atoms with Crippen LogP contribution in [0.25, 0.3) is 0 Å². The Morgan fingerprint density at radius 2 is 1.94 bits per heavy atom. The first kappa shape index (κ1) is 25.1. The molecule has 0 spiro atoms. The van der Waals surface area contributed by atoms with Crippen LogP contribution in [0, 0.1) is 11.8 Å². The highest BCUT2D eigenvalue weighted by Gasteiger charge is 2.44. The second-order valence-corrected chi connectivity index (χ2v) is 9.91. The van der Waals surface area contributed by atoms with Crippen LogP contribution in [0.1, 0.15) is 76.3 Å². The van der Waals surface area contributed by atoms with Gasteiger partial charge in [-0.1, -0.05) is 37.3 Å². The van der Waals surface area contributed by atoms with E-state index in [1.807, 2.05) is 26.0 Å². The molecule has 0 radical (unpaired) electrons. The summed E-state index contributed by atoms with van der Waals surface area (Å²) in [6, 6.07) is 14.1. The predicted molar refractivity (Wildman–Crippen MR) is 133 cm³/mol. The van der Waals surface area contributed by atoms with Crippen LogP contribution in [-0.2, 0) is 16.0 Å². The first-order valence-corrected chi connectivity index (χ1v) is 12.8. The molecule has 2 aromatic rings. The van der Waals surface area contributed by atoms with Crippen LogP contribution in [0.15, 0.2) is 42.5 Å². The zero-order valence-electron chi connectivity index (χ0n) is 20.9. The van der Waals surface area contributed by atoms with E-state index in [1.54, 1.807) is 13.0 Å². The lowest BCUT2D eigenvalue weighted by atomic mass is 9.67. The number of rotatable bonds is 9. The predicted octanol–water partition coefficient (Wildman–Crippen LogP) is 6.16. The number of benzene rings is 2. The number of carbonyl (C=O) groups is 2. The third-order valence-corrected chi connectivity index (χ3v) is 7.39. The van der Waals surface area contributed by atoms with E-state index in [9.17, 15) is 14.7 Å². The summed E-state index contributed by atoms with van der Waals surface area (Å²) in [5, 5.41) is 9.65. The lowest BCUT2D eigenvalue weighted by Crippen LogP contribution is -2.39. The van der Waals surface area contributed by atoms with Gasteiger partial charge in [-0.3, -0.25) is 9.59 Å². The smallest absolute Gasteiger partial charge is 0.310 e. The zero-order valence-corrected chi connectivity index (χ0v) is 20.9. The highest BCUT2D eigenvalue weighted by Crippen LogP contribution is 2.53. The van der Waals surface area contributed by atoms with Gasteiger partial charge in [-0.2, -0.15) is 0 Å². The van der Waals surface area contributed by atoms with Crippen LogP contribution in [0.3, 0.4) is 0 Å². The number of carboxylic acid groups (broad SMARTS) is 1. The maximum Gasteiger partial charge on any atom is 0.310 e. The molecule has 35 heavy (non-hydrogen) atoms. The standard InChI is InChI=1S/C29H36O6/c1-4-27(30)35-26-17-22(33-18(2)9-8-12-20-10-6-5-7-11-20)16-25-28(26)24-15-21(29(31)32)13-14-23(24)19(3)34-25/h5-7,10-11,16-19,21,23-24H,4,8-9,12-15H2,1-3H3,(H,31,32)/t18?,19?,21-,23-,24-/m1/s1. The normalized spacial score (nSPS) is 23.9. The average molecular weight is 481 g/mol. The molecular formula is C29H36O6. The van der Waals surface area contributed by atoms with Gasteiger partial charge in [0.2, 0.25) is 0 Å². The molecule has 2 aromatic carbocycles. The van der Waals surface area contributed by atoms with Crippen molar-refractivity contribution in [1.82, 2.24) is 0 Å². The van der Waals surface area contributed by atoms with Crippen molar-refractivity contribution in [1.29, 1.82) is 0 Å². The van der Waals surface area contributed by atoms with Crippen molar-refractivity contribution >= 4 is 11.9 Å². The quantitative estimate of drug-likeness (QED) is 0.342. The van der Waals surface area contributed by atoms with Gasteiger partial charge in [-0.25, -0.2) is 0 Å². The fraction of sp³-hybridized carbons (Fsp3) is 0.517. The maximum atomic E-state index is 12.3. The largest absolute Gasteiger partial charge is 0.490 e. The molecule has 2 aliphatic rings. The molecule has 1 saturated carbocycles. The van der Waals surface area contributed by atoms with E-state index < -0.39 is 11.9 Å². The lowest BCUT2D eigenvalue weighted by molar-refractivity contribution is -0.144. The van der Waals surface area contributed by atoms with Gasteiger partial charge in [0.25, 0.3) is 0 Å². The molecule has 0 aromatic heterocycles. The van der Waals surface area contributed by atoms with Gasteiger partial charge >= 0.3 is 11.9 Å². The third-order valence-electron chi connectivity index (χ3n) is 7.39. The van der Waals surface area contributed by atoms with Crippen molar-refractivity contribution in [2.45, 2.75) is 83.8 Å². The monoisotopic (exact) mass is 480 g/mol. The van der Waals surface area contributed by atoms with Crippen molar-refractivity contribution in [3.63, 3.8) is 0 Å². The van der Waals surface area contributed by atoms with E-state index in [2.05, 4.69) is 24.3 Å². The summed E-state index contributed by atoms with van der Waals surface area (Å²) in [7, 11) is 0. The number of esters is 1. The molecule has 1 heterocycles. The summed E-state index contributed by atoms with van der Waals surface area (Å²) >= 11 is 0. The molecule has 6 nitrogen and oxygen atoms in total. The molecule has 2 unspecified atom stereocenters. The number of carboxylic acids is 1. The number of hydrogen-bond donors (Lipinski definition) is 1. The first-order valence-electron chi connectivity index (χ1n) is 12.8. The Morgan fingerprint density at radius 3 is 2.66 bits per heavy atom. The first-order chi connectivity index (χ1) is 16.9. The summed E-state index contributed by atoms with van der Waals surface area (Å²) in [6.45, 7) is 5.84. The van der Waals surface area contributed by atoms with Crippen LogP contribution in [0.4, 0.5) is 0 Å². The Balaban J connectivity index is 1.55. The van der Waals surface area contributed by atoms with Gasteiger partial charge in [0.1, 0.15) is 17.2 Å². The Morgan fingerprint density at radius 1 is 1.17 bits per heavy atom. The van der Waals surface area contributed by atoms with E-state index in [4.69, 9.17) is 14.2 Å². The van der Waals surface area contributed by atoms with Crippen molar-refractivity contribution < 1.29 is 28.9 Å². The van der Waals surface area contributed by atoms with E-state index >= 15 is 0 Å². The Bertz CT molecular complexity index is 1030. The van der Waals surface area contributed by atoms with Gasteiger partial charge in [-0.05, 0) is 63.9 Å². The molecule has 1 aliphatic heterocycles. The summed E-state index contributed by atoms with van der Waals surface area (Å²) in [4.78, 5) is 24.0. The minimum absolute atomic E-state index is 0.0219. The Hall–Kier alpha value is -3.02. The number of hydrogen-bond acceptors (Lipinski definition) is 5. The van der Waals surface area contributed by atoms with Crippen molar-refractivity contribution in [3.8, 4) is 17.2 Å². The maximum absolute atomic E-state index is 12.3. The van der Waals surface area contributed by atoms with Crippen LogP contribution in [0.5, 0.6) is 17.2 Å². The van der Waals surface area contributed by atoms with Crippen molar-refractivity contribution in [2.75, 3.05) is 0 Å². The second-order valence-electron chi connectivity index (χ2n) is 9.91. The molecule has 0 amide bonds. The average Bonchev–Trinajstić information content (AvgIpc) is 2.84. The molecule has 4 rings (SSSR count). The zero-order chi connectivity index (χ0) is 24.9. The molecule has 6 heteroatoms. The molecule has 5 atom stereocenters. The van der Waals surface area contributed by atoms with Gasteiger partial charge < -0.3 is 19.3 Å². The van der Waals surface area contributed by atoms with Crippen LogP contribution in [0.2, 0.25) is 0 Å².